The van der Waals surface area contributed by atoms with E-state index in [4.69, 9.17) is 4.74 Å². The normalized spacial score (nSPS) is 15.4. The first kappa shape index (κ1) is 24.8. The Hall–Kier alpha value is -2.79. The number of sulfonamides is 1. The van der Waals surface area contributed by atoms with Crippen molar-refractivity contribution in [2.75, 3.05) is 26.7 Å². The zero-order chi connectivity index (χ0) is 24.0. The summed E-state index contributed by atoms with van der Waals surface area (Å²) in [5.41, 5.74) is 0.687. The van der Waals surface area contributed by atoms with Gasteiger partial charge in [-0.2, -0.15) is 13.1 Å². The summed E-state index contributed by atoms with van der Waals surface area (Å²) in [6.07, 6.45) is 1.12. The molecule has 2 aromatic carbocycles. The molecular formula is C22H25F3N2O5S. The molecule has 1 heterocycles. The van der Waals surface area contributed by atoms with E-state index in [0.29, 0.717) is 24.8 Å². The molecule has 180 valence electrons. The van der Waals surface area contributed by atoms with Crippen molar-refractivity contribution in [3.8, 4) is 11.5 Å². The predicted molar refractivity (Wildman–Crippen MR) is 114 cm³/mol. The van der Waals surface area contributed by atoms with E-state index in [1.54, 1.807) is 6.07 Å². The molecule has 7 nitrogen and oxygen atoms in total. The fourth-order valence-electron chi connectivity index (χ4n) is 3.65. The molecule has 1 saturated heterocycles. The Morgan fingerprint density at radius 2 is 1.79 bits per heavy atom. The van der Waals surface area contributed by atoms with E-state index in [0.717, 1.165) is 12.1 Å². The van der Waals surface area contributed by atoms with Crippen molar-refractivity contribution in [1.82, 2.24) is 9.62 Å². The van der Waals surface area contributed by atoms with Crippen molar-refractivity contribution in [1.29, 1.82) is 0 Å². The highest BCUT2D eigenvalue weighted by Crippen LogP contribution is 2.29. The minimum Gasteiger partial charge on any atom is -0.493 e. The van der Waals surface area contributed by atoms with Gasteiger partial charge in [-0.15, -0.1) is 0 Å². The highest BCUT2D eigenvalue weighted by molar-refractivity contribution is 7.89. The number of benzene rings is 2. The lowest BCUT2D eigenvalue weighted by atomic mass is 9.97. The zero-order valence-electron chi connectivity index (χ0n) is 18.0. The van der Waals surface area contributed by atoms with E-state index in [-0.39, 0.29) is 47.9 Å². The summed E-state index contributed by atoms with van der Waals surface area (Å²) in [6.45, 7) is -2.32. The van der Waals surface area contributed by atoms with E-state index in [1.165, 1.54) is 35.7 Å². The predicted octanol–water partition coefficient (Wildman–Crippen LogP) is 3.20. The van der Waals surface area contributed by atoms with Gasteiger partial charge in [-0.3, -0.25) is 4.79 Å². The van der Waals surface area contributed by atoms with Crippen LogP contribution in [0, 0.1) is 11.7 Å². The Kier molecular flexibility index (Phi) is 8.20. The van der Waals surface area contributed by atoms with Crippen LogP contribution in [0.3, 0.4) is 0 Å². The summed E-state index contributed by atoms with van der Waals surface area (Å²) >= 11 is 0. The van der Waals surface area contributed by atoms with Crippen LogP contribution in [0.2, 0.25) is 0 Å². The Bertz CT molecular complexity index is 1060. The maximum absolute atomic E-state index is 13.1. The number of piperidine rings is 1. The van der Waals surface area contributed by atoms with Crippen molar-refractivity contribution in [2.45, 2.75) is 30.8 Å². The fourth-order valence-corrected chi connectivity index (χ4v) is 5.12. The number of amides is 1. The number of hydrogen-bond donors (Lipinski definition) is 1. The smallest absolute Gasteiger partial charge is 0.387 e. The number of ether oxygens (including phenoxy) is 2. The Morgan fingerprint density at radius 3 is 2.39 bits per heavy atom. The first-order chi connectivity index (χ1) is 15.7. The molecule has 0 saturated carbocycles. The molecule has 1 N–H and O–H groups in total. The van der Waals surface area contributed by atoms with Gasteiger partial charge in [-0.25, -0.2) is 12.8 Å². The SMILES string of the molecule is COc1ccc(CCNC(=O)C2CCN(S(=O)(=O)c3ccc(F)cc3)CC2)cc1OC(F)F. The molecule has 0 spiro atoms. The van der Waals surface area contributed by atoms with Gasteiger partial charge in [0.15, 0.2) is 11.5 Å². The summed E-state index contributed by atoms with van der Waals surface area (Å²) in [4.78, 5) is 12.5. The largest absolute Gasteiger partial charge is 0.493 e. The van der Waals surface area contributed by atoms with E-state index >= 15 is 0 Å². The van der Waals surface area contributed by atoms with Gasteiger partial charge in [0.1, 0.15) is 5.82 Å². The van der Waals surface area contributed by atoms with Gasteiger partial charge < -0.3 is 14.8 Å². The second kappa shape index (κ2) is 10.9. The number of methoxy groups -OCH3 is 1. The summed E-state index contributed by atoms with van der Waals surface area (Å²) in [5.74, 6) is -0.933. The van der Waals surface area contributed by atoms with Crippen LogP contribution >= 0.6 is 0 Å². The Labute approximate surface area is 190 Å². The zero-order valence-corrected chi connectivity index (χ0v) is 18.8. The van der Waals surface area contributed by atoms with E-state index < -0.39 is 22.5 Å². The summed E-state index contributed by atoms with van der Waals surface area (Å²) in [5, 5.41) is 2.81. The molecule has 1 aliphatic rings. The molecule has 0 unspecified atom stereocenters. The summed E-state index contributed by atoms with van der Waals surface area (Å²) < 4.78 is 74.3. The van der Waals surface area contributed by atoms with Gasteiger partial charge in [-0.1, -0.05) is 6.07 Å². The minimum absolute atomic E-state index is 0.0153. The number of rotatable bonds is 9. The maximum atomic E-state index is 13.1. The number of halogens is 3. The molecule has 3 rings (SSSR count). The third kappa shape index (κ3) is 6.38. The first-order valence-electron chi connectivity index (χ1n) is 10.4. The van der Waals surface area contributed by atoms with Crippen molar-refractivity contribution in [2.24, 2.45) is 5.92 Å². The van der Waals surface area contributed by atoms with Gasteiger partial charge in [0, 0.05) is 25.6 Å². The summed E-state index contributed by atoms with van der Waals surface area (Å²) in [6, 6.07) is 9.29. The molecule has 0 radical (unpaired) electrons. The maximum Gasteiger partial charge on any atom is 0.387 e. The standard InChI is InChI=1S/C22H25F3N2O5S/c1-31-19-7-2-15(14-20(19)32-22(24)25)8-11-26-21(28)16-9-12-27(13-10-16)33(29,30)18-5-3-17(23)4-6-18/h2-7,14,16,22H,8-13H2,1H3,(H,26,28). The van der Waals surface area contributed by atoms with Crippen LogP contribution in [0.25, 0.3) is 0 Å². The third-order valence-corrected chi connectivity index (χ3v) is 7.35. The van der Waals surface area contributed by atoms with Gasteiger partial charge in [0.25, 0.3) is 0 Å². The van der Waals surface area contributed by atoms with Crippen LogP contribution < -0.4 is 14.8 Å². The van der Waals surface area contributed by atoms with Gasteiger partial charge in [0.2, 0.25) is 15.9 Å². The highest BCUT2D eigenvalue weighted by Gasteiger charge is 2.32. The van der Waals surface area contributed by atoms with Crippen LogP contribution in [-0.4, -0.2) is 52.0 Å². The van der Waals surface area contributed by atoms with E-state index in [9.17, 15) is 26.4 Å². The number of alkyl halides is 2. The van der Waals surface area contributed by atoms with Gasteiger partial charge in [-0.05, 0) is 61.2 Å². The number of nitrogens with zero attached hydrogens (tertiary/aromatic N) is 1. The van der Waals surface area contributed by atoms with Gasteiger partial charge in [0.05, 0.1) is 12.0 Å². The molecule has 0 aliphatic carbocycles. The van der Waals surface area contributed by atoms with Crippen LogP contribution in [0.5, 0.6) is 11.5 Å². The van der Waals surface area contributed by atoms with Crippen molar-refractivity contribution in [3.63, 3.8) is 0 Å². The molecule has 1 fully saturated rings. The number of carbonyl (C=O) groups excluding carboxylic acids is 1. The van der Waals surface area contributed by atoms with Crippen molar-refractivity contribution < 1.29 is 35.9 Å². The monoisotopic (exact) mass is 486 g/mol. The topological polar surface area (TPSA) is 84.9 Å². The lowest BCUT2D eigenvalue weighted by Gasteiger charge is -2.30. The number of hydrogen-bond acceptors (Lipinski definition) is 5. The van der Waals surface area contributed by atoms with Crippen LogP contribution in [0.4, 0.5) is 13.2 Å². The molecule has 0 aromatic heterocycles. The molecule has 1 amide bonds. The second-order valence-electron chi connectivity index (χ2n) is 7.54. The Morgan fingerprint density at radius 1 is 1.12 bits per heavy atom. The van der Waals surface area contributed by atoms with E-state index in [2.05, 4.69) is 10.1 Å². The minimum atomic E-state index is -3.74. The van der Waals surface area contributed by atoms with Gasteiger partial charge >= 0.3 is 6.61 Å². The molecule has 0 bridgehead atoms. The van der Waals surface area contributed by atoms with Crippen LogP contribution in [0.1, 0.15) is 18.4 Å². The van der Waals surface area contributed by atoms with Crippen LogP contribution in [-0.2, 0) is 21.2 Å². The average Bonchev–Trinajstić information content (AvgIpc) is 2.79. The lowest BCUT2D eigenvalue weighted by molar-refractivity contribution is -0.126. The lowest BCUT2D eigenvalue weighted by Crippen LogP contribution is -2.43. The molecule has 1 aliphatic heterocycles. The van der Waals surface area contributed by atoms with E-state index in [1.807, 2.05) is 0 Å². The van der Waals surface area contributed by atoms with Crippen molar-refractivity contribution in [3.05, 3.63) is 53.8 Å². The van der Waals surface area contributed by atoms with Crippen molar-refractivity contribution >= 4 is 15.9 Å². The number of carbonyl (C=O) groups is 1. The second-order valence-corrected chi connectivity index (χ2v) is 9.47. The quantitative estimate of drug-likeness (QED) is 0.589. The Balaban J connectivity index is 1.49. The molecule has 2 aromatic rings. The first-order valence-corrected chi connectivity index (χ1v) is 11.8. The third-order valence-electron chi connectivity index (χ3n) is 5.43. The summed E-state index contributed by atoms with van der Waals surface area (Å²) in [7, 11) is -2.39. The van der Waals surface area contributed by atoms with Crippen LogP contribution in [0.15, 0.2) is 47.4 Å². The molecule has 0 atom stereocenters. The molecular weight excluding hydrogens is 461 g/mol. The molecule has 33 heavy (non-hydrogen) atoms. The highest BCUT2D eigenvalue weighted by atomic mass is 32.2. The molecule has 11 heteroatoms. The average molecular weight is 487 g/mol. The number of nitrogens with one attached hydrogen (secondary N) is 1. The fraction of sp³-hybridized carbons (Fsp3) is 0.409.